The molecule has 0 aromatic carbocycles. The molecule has 0 aromatic heterocycles. The molecule has 0 unspecified atom stereocenters. The van der Waals surface area contributed by atoms with E-state index in [4.69, 9.17) is 14.2 Å². The Morgan fingerprint density at radius 1 is 0.264 bits per heavy atom. The summed E-state index contributed by atoms with van der Waals surface area (Å²) in [5, 5.41) is 0. The summed E-state index contributed by atoms with van der Waals surface area (Å²) >= 11 is 0. The topological polar surface area (TPSA) is 78.9 Å². The lowest BCUT2D eigenvalue weighted by molar-refractivity contribution is -0.167. The van der Waals surface area contributed by atoms with E-state index in [-0.39, 0.29) is 31.1 Å². The first-order chi connectivity index (χ1) is 35.4. The maximum atomic E-state index is 12.9. The first-order valence-corrected chi connectivity index (χ1v) is 32.9. The summed E-state index contributed by atoms with van der Waals surface area (Å²) in [6.45, 7) is 9.11. The lowest BCUT2D eigenvalue weighted by atomic mass is 10.0. The molecule has 0 aliphatic rings. The Bertz CT molecular complexity index is 1090. The van der Waals surface area contributed by atoms with Gasteiger partial charge in [-0.3, -0.25) is 14.4 Å². The summed E-state index contributed by atoms with van der Waals surface area (Å²) in [5.41, 5.74) is 0. The van der Waals surface area contributed by atoms with Crippen LogP contribution in [0.1, 0.15) is 381 Å². The molecule has 0 radical (unpaired) electrons. The van der Waals surface area contributed by atoms with Gasteiger partial charge in [0.25, 0.3) is 0 Å². The molecule has 0 N–H and O–H groups in total. The van der Waals surface area contributed by atoms with Gasteiger partial charge in [0, 0.05) is 19.3 Å². The van der Waals surface area contributed by atoms with Crippen LogP contribution in [0.2, 0.25) is 0 Å². The first kappa shape index (κ1) is 70.4. The zero-order valence-corrected chi connectivity index (χ0v) is 49.4. The molecule has 0 fully saturated rings. The third-order valence-corrected chi connectivity index (χ3v) is 15.3. The van der Waals surface area contributed by atoms with E-state index in [1.807, 2.05) is 0 Å². The Hall–Kier alpha value is -1.59. The van der Waals surface area contributed by atoms with Crippen molar-refractivity contribution in [2.24, 2.45) is 5.92 Å². The van der Waals surface area contributed by atoms with Crippen molar-refractivity contribution in [1.82, 2.24) is 0 Å². The van der Waals surface area contributed by atoms with Gasteiger partial charge in [-0.05, 0) is 25.2 Å². The molecule has 0 aliphatic carbocycles. The van der Waals surface area contributed by atoms with Crippen molar-refractivity contribution in [1.29, 1.82) is 0 Å². The second-order valence-electron chi connectivity index (χ2n) is 23.2. The maximum absolute atomic E-state index is 12.9. The van der Waals surface area contributed by atoms with Gasteiger partial charge < -0.3 is 14.2 Å². The number of rotatable bonds is 61. The second-order valence-corrected chi connectivity index (χ2v) is 23.2. The fraction of sp³-hybridized carbons (Fsp3) is 0.955. The minimum Gasteiger partial charge on any atom is -0.462 e. The smallest absolute Gasteiger partial charge is 0.306 e. The molecule has 6 heteroatoms. The van der Waals surface area contributed by atoms with Gasteiger partial charge in [0.15, 0.2) is 6.10 Å². The number of carbonyl (C=O) groups excluding carboxylic acids is 3. The second kappa shape index (κ2) is 60.3. The van der Waals surface area contributed by atoms with Gasteiger partial charge in [0.2, 0.25) is 0 Å². The van der Waals surface area contributed by atoms with Crippen LogP contribution in [0.5, 0.6) is 0 Å². The molecule has 6 nitrogen and oxygen atoms in total. The quantitative estimate of drug-likeness (QED) is 0.0343. The van der Waals surface area contributed by atoms with Gasteiger partial charge in [-0.1, -0.05) is 342 Å². The van der Waals surface area contributed by atoms with Crippen LogP contribution >= 0.6 is 0 Å². The van der Waals surface area contributed by atoms with E-state index in [9.17, 15) is 14.4 Å². The Labute approximate surface area is 450 Å². The highest BCUT2D eigenvalue weighted by atomic mass is 16.6. The van der Waals surface area contributed by atoms with E-state index in [2.05, 4.69) is 27.7 Å². The zero-order valence-electron chi connectivity index (χ0n) is 49.4. The number of carbonyl (C=O) groups is 3. The number of esters is 3. The molecule has 0 heterocycles. The summed E-state index contributed by atoms with van der Waals surface area (Å²) in [4.78, 5) is 38.3. The lowest BCUT2D eigenvalue weighted by Crippen LogP contribution is -2.30. The molecule has 0 aliphatic heterocycles. The maximum Gasteiger partial charge on any atom is 0.306 e. The number of ether oxygens (including phenoxy) is 3. The van der Waals surface area contributed by atoms with Crippen LogP contribution < -0.4 is 0 Å². The Balaban J connectivity index is 4.26. The molecule has 72 heavy (non-hydrogen) atoms. The van der Waals surface area contributed by atoms with Crippen LogP contribution in [-0.4, -0.2) is 37.2 Å². The summed E-state index contributed by atoms with van der Waals surface area (Å²) in [7, 11) is 0. The lowest BCUT2D eigenvalue weighted by Gasteiger charge is -2.18. The third-order valence-electron chi connectivity index (χ3n) is 15.3. The minimum atomic E-state index is -0.763. The van der Waals surface area contributed by atoms with Gasteiger partial charge >= 0.3 is 17.9 Å². The van der Waals surface area contributed by atoms with Crippen LogP contribution in [0.4, 0.5) is 0 Å². The average molecular weight is 1020 g/mol. The highest BCUT2D eigenvalue weighted by Gasteiger charge is 2.19. The van der Waals surface area contributed by atoms with E-state index >= 15 is 0 Å². The van der Waals surface area contributed by atoms with Gasteiger partial charge in [-0.25, -0.2) is 0 Å². The van der Waals surface area contributed by atoms with Crippen molar-refractivity contribution < 1.29 is 28.6 Å². The van der Waals surface area contributed by atoms with E-state index in [0.29, 0.717) is 19.3 Å². The zero-order chi connectivity index (χ0) is 52.3. The van der Waals surface area contributed by atoms with Gasteiger partial charge in [0.05, 0.1) is 0 Å². The predicted molar refractivity (Wildman–Crippen MR) is 312 cm³/mol. The molecule has 1 atom stereocenters. The fourth-order valence-corrected chi connectivity index (χ4v) is 10.3. The van der Waals surface area contributed by atoms with Crippen LogP contribution in [0.15, 0.2) is 0 Å². The van der Waals surface area contributed by atoms with E-state index in [0.717, 1.165) is 63.7 Å². The molecule has 0 aromatic rings. The van der Waals surface area contributed by atoms with Crippen LogP contribution in [0.25, 0.3) is 0 Å². The predicted octanol–water partition coefficient (Wildman–Crippen LogP) is 22.1. The molecule has 0 bridgehead atoms. The van der Waals surface area contributed by atoms with Crippen molar-refractivity contribution in [2.45, 2.75) is 387 Å². The first-order valence-electron chi connectivity index (χ1n) is 32.9. The van der Waals surface area contributed by atoms with Gasteiger partial charge in [0.1, 0.15) is 13.2 Å². The largest absolute Gasteiger partial charge is 0.462 e. The van der Waals surface area contributed by atoms with E-state index in [1.165, 1.54) is 276 Å². The van der Waals surface area contributed by atoms with Crippen molar-refractivity contribution in [2.75, 3.05) is 13.2 Å². The fourth-order valence-electron chi connectivity index (χ4n) is 10.3. The molecular weight excluding hydrogens is 889 g/mol. The normalized spacial score (nSPS) is 12.0. The number of hydrogen-bond donors (Lipinski definition) is 0. The molecule has 0 rings (SSSR count). The SMILES string of the molecule is CCCCCCCCCCCCCCCCCCCCC(=O)O[C@H](COC(=O)CCCCCCCCCCCCCCCCC)COC(=O)CCCCCCCCCCCCCCCCCCCCC(C)C. The Morgan fingerprint density at radius 3 is 0.681 bits per heavy atom. The summed E-state index contributed by atoms with van der Waals surface area (Å²) in [5.74, 6) is 0.0343. The highest BCUT2D eigenvalue weighted by Crippen LogP contribution is 2.19. The third kappa shape index (κ3) is 59.3. The van der Waals surface area contributed by atoms with Crippen molar-refractivity contribution in [3.63, 3.8) is 0 Å². The summed E-state index contributed by atoms with van der Waals surface area (Å²) < 4.78 is 17.0. The van der Waals surface area contributed by atoms with Crippen LogP contribution in [0.3, 0.4) is 0 Å². The molecule has 428 valence electrons. The molecular formula is C66H128O6. The Morgan fingerprint density at radius 2 is 0.458 bits per heavy atom. The van der Waals surface area contributed by atoms with Gasteiger partial charge in [-0.2, -0.15) is 0 Å². The van der Waals surface area contributed by atoms with Crippen molar-refractivity contribution >= 4 is 17.9 Å². The van der Waals surface area contributed by atoms with Crippen molar-refractivity contribution in [3.8, 4) is 0 Å². The van der Waals surface area contributed by atoms with E-state index < -0.39 is 6.10 Å². The minimum absolute atomic E-state index is 0.0609. The molecule has 0 saturated carbocycles. The van der Waals surface area contributed by atoms with Crippen LogP contribution in [0, 0.1) is 5.92 Å². The average Bonchev–Trinajstić information content (AvgIpc) is 3.37. The van der Waals surface area contributed by atoms with Crippen molar-refractivity contribution in [3.05, 3.63) is 0 Å². The number of unbranched alkanes of at least 4 members (excludes halogenated alkanes) is 48. The Kier molecular flexibility index (Phi) is 58.9. The molecule has 0 saturated heterocycles. The highest BCUT2D eigenvalue weighted by molar-refractivity contribution is 5.71. The molecule has 0 spiro atoms. The van der Waals surface area contributed by atoms with Crippen LogP contribution in [-0.2, 0) is 28.6 Å². The summed E-state index contributed by atoms with van der Waals surface area (Å²) in [6, 6.07) is 0. The summed E-state index contributed by atoms with van der Waals surface area (Å²) in [6.07, 6.45) is 68.2. The van der Waals surface area contributed by atoms with E-state index in [1.54, 1.807) is 0 Å². The monoisotopic (exact) mass is 1020 g/mol. The van der Waals surface area contributed by atoms with Gasteiger partial charge in [-0.15, -0.1) is 0 Å². The molecule has 0 amide bonds. The standard InChI is InChI=1S/C66H128O6/c1-5-7-9-11-13-15-17-19-21-22-26-31-35-39-43-47-51-55-59-66(69)72-63(60-70-64(67)57-53-49-45-41-37-33-28-20-18-16-14-12-10-8-6-2)61-71-65(68)58-54-50-46-42-38-34-30-27-24-23-25-29-32-36-40-44-48-52-56-62(3)4/h62-63H,5-61H2,1-4H3/t63-/m1/s1. The number of hydrogen-bond acceptors (Lipinski definition) is 6.